The fraction of sp³-hybridized carbons (Fsp3) is 0.312. The monoisotopic (exact) mass is 288 g/mol. The van der Waals surface area contributed by atoms with Crippen LogP contribution in [0.25, 0.3) is 11.0 Å². The van der Waals surface area contributed by atoms with Crippen molar-refractivity contribution in [3.63, 3.8) is 0 Å². The van der Waals surface area contributed by atoms with E-state index in [0.717, 1.165) is 11.1 Å². The van der Waals surface area contributed by atoms with Crippen molar-refractivity contribution in [1.82, 2.24) is 9.78 Å². The Morgan fingerprint density at radius 1 is 1.43 bits per heavy atom. The van der Waals surface area contributed by atoms with Crippen LogP contribution in [0.1, 0.15) is 29.4 Å². The van der Waals surface area contributed by atoms with Gasteiger partial charge >= 0.3 is 0 Å². The molecule has 0 aliphatic heterocycles. The van der Waals surface area contributed by atoms with Crippen molar-refractivity contribution in [1.29, 1.82) is 0 Å². The van der Waals surface area contributed by atoms with Gasteiger partial charge in [-0.05, 0) is 43.5 Å². The average Bonchev–Trinajstić information content (AvgIpc) is 3.01. The Hall–Kier alpha value is -2.14. The number of halogens is 1. The van der Waals surface area contributed by atoms with Gasteiger partial charge in [0.1, 0.15) is 23.3 Å². The smallest absolute Gasteiger partial charge is 0.136 e. The van der Waals surface area contributed by atoms with Crippen LogP contribution in [0.2, 0.25) is 0 Å². The highest BCUT2D eigenvalue weighted by Crippen LogP contribution is 2.31. The molecule has 0 amide bonds. The van der Waals surface area contributed by atoms with Gasteiger partial charge in [0.25, 0.3) is 0 Å². The van der Waals surface area contributed by atoms with E-state index < -0.39 is 6.10 Å². The van der Waals surface area contributed by atoms with Crippen molar-refractivity contribution in [2.75, 3.05) is 0 Å². The summed E-state index contributed by atoms with van der Waals surface area (Å²) >= 11 is 0. The SMILES string of the molecule is Cc1c(C(O)CCc2cnn(C)c2)oc2ccc(F)cc12. The minimum Gasteiger partial charge on any atom is -0.458 e. The number of aliphatic hydroxyl groups excluding tert-OH is 1. The van der Waals surface area contributed by atoms with Gasteiger partial charge in [-0.1, -0.05) is 0 Å². The van der Waals surface area contributed by atoms with Crippen molar-refractivity contribution in [2.24, 2.45) is 7.05 Å². The quantitative estimate of drug-likeness (QED) is 0.801. The molecule has 0 saturated heterocycles. The molecule has 110 valence electrons. The fourth-order valence-corrected chi connectivity index (χ4v) is 2.57. The van der Waals surface area contributed by atoms with E-state index in [-0.39, 0.29) is 5.82 Å². The number of aryl methyl sites for hydroxylation is 3. The fourth-order valence-electron chi connectivity index (χ4n) is 2.57. The normalized spacial score (nSPS) is 13.0. The molecule has 0 aliphatic rings. The lowest BCUT2D eigenvalue weighted by Crippen LogP contribution is -1.99. The zero-order valence-corrected chi connectivity index (χ0v) is 12.0. The third-order valence-electron chi connectivity index (χ3n) is 3.70. The number of benzene rings is 1. The molecule has 3 rings (SSSR count). The Morgan fingerprint density at radius 3 is 2.95 bits per heavy atom. The van der Waals surface area contributed by atoms with E-state index in [4.69, 9.17) is 4.42 Å². The molecule has 2 aromatic heterocycles. The van der Waals surface area contributed by atoms with Crippen LogP contribution in [0.5, 0.6) is 0 Å². The Morgan fingerprint density at radius 2 is 2.24 bits per heavy atom. The Labute approximate surface area is 121 Å². The highest BCUT2D eigenvalue weighted by Gasteiger charge is 2.18. The number of aliphatic hydroxyl groups is 1. The van der Waals surface area contributed by atoms with Crippen LogP contribution in [0, 0.1) is 12.7 Å². The van der Waals surface area contributed by atoms with Gasteiger partial charge < -0.3 is 9.52 Å². The summed E-state index contributed by atoms with van der Waals surface area (Å²) in [5.41, 5.74) is 2.46. The third-order valence-corrected chi connectivity index (χ3v) is 3.70. The van der Waals surface area contributed by atoms with Crippen molar-refractivity contribution >= 4 is 11.0 Å². The first-order valence-electron chi connectivity index (χ1n) is 6.88. The minimum atomic E-state index is -0.708. The highest BCUT2D eigenvalue weighted by molar-refractivity contribution is 5.82. The summed E-state index contributed by atoms with van der Waals surface area (Å²) < 4.78 is 20.7. The van der Waals surface area contributed by atoms with Crippen LogP contribution >= 0.6 is 0 Å². The lowest BCUT2D eigenvalue weighted by molar-refractivity contribution is 0.142. The number of rotatable bonds is 4. The molecule has 4 nitrogen and oxygen atoms in total. The molecule has 0 saturated carbocycles. The van der Waals surface area contributed by atoms with Crippen LogP contribution in [-0.2, 0) is 13.5 Å². The van der Waals surface area contributed by atoms with Crippen molar-refractivity contribution in [3.05, 3.63) is 53.3 Å². The third kappa shape index (κ3) is 2.69. The van der Waals surface area contributed by atoms with E-state index in [0.29, 0.717) is 29.6 Å². The van der Waals surface area contributed by atoms with Gasteiger partial charge in [0.2, 0.25) is 0 Å². The van der Waals surface area contributed by atoms with Gasteiger partial charge in [-0.2, -0.15) is 5.10 Å². The van der Waals surface area contributed by atoms with Crippen LogP contribution in [0.3, 0.4) is 0 Å². The predicted octanol–water partition coefficient (Wildman–Crippen LogP) is 3.28. The number of nitrogens with zero attached hydrogens (tertiary/aromatic N) is 2. The van der Waals surface area contributed by atoms with Crippen molar-refractivity contribution < 1.29 is 13.9 Å². The molecule has 1 unspecified atom stereocenters. The van der Waals surface area contributed by atoms with Gasteiger partial charge in [-0.15, -0.1) is 0 Å². The molecule has 0 bridgehead atoms. The largest absolute Gasteiger partial charge is 0.458 e. The first-order valence-corrected chi connectivity index (χ1v) is 6.88. The molecule has 0 fully saturated rings. The van der Waals surface area contributed by atoms with E-state index in [1.165, 1.54) is 12.1 Å². The summed E-state index contributed by atoms with van der Waals surface area (Å²) in [4.78, 5) is 0. The second-order valence-corrected chi connectivity index (χ2v) is 5.31. The van der Waals surface area contributed by atoms with Crippen LogP contribution in [0.15, 0.2) is 35.0 Å². The highest BCUT2D eigenvalue weighted by atomic mass is 19.1. The molecule has 0 aliphatic carbocycles. The standard InChI is InChI=1S/C16H17FN2O2/c1-10-13-7-12(17)4-6-15(13)21-16(10)14(20)5-3-11-8-18-19(2)9-11/h4,6-9,14,20H,3,5H2,1-2H3. The first-order chi connectivity index (χ1) is 10.0. The summed E-state index contributed by atoms with van der Waals surface area (Å²) in [5.74, 6) is 0.210. The summed E-state index contributed by atoms with van der Waals surface area (Å²) in [6.07, 6.45) is 4.25. The van der Waals surface area contributed by atoms with Gasteiger partial charge in [-0.3, -0.25) is 4.68 Å². The molecular formula is C16H17FN2O2. The molecule has 0 radical (unpaired) electrons. The molecule has 5 heteroatoms. The van der Waals surface area contributed by atoms with E-state index in [2.05, 4.69) is 5.10 Å². The number of hydrogen-bond acceptors (Lipinski definition) is 3. The molecule has 1 aromatic carbocycles. The summed E-state index contributed by atoms with van der Waals surface area (Å²) in [5, 5.41) is 15.1. The molecule has 2 heterocycles. The van der Waals surface area contributed by atoms with Gasteiger partial charge in [-0.25, -0.2) is 4.39 Å². The zero-order chi connectivity index (χ0) is 15.0. The number of furan rings is 1. The van der Waals surface area contributed by atoms with Crippen LogP contribution < -0.4 is 0 Å². The summed E-state index contributed by atoms with van der Waals surface area (Å²) in [7, 11) is 1.86. The second-order valence-electron chi connectivity index (χ2n) is 5.31. The Balaban J connectivity index is 1.81. The molecular weight excluding hydrogens is 271 g/mol. The molecule has 0 spiro atoms. The molecule has 1 N–H and O–H groups in total. The van der Waals surface area contributed by atoms with Gasteiger partial charge in [0, 0.05) is 24.2 Å². The number of hydrogen-bond donors (Lipinski definition) is 1. The van der Waals surface area contributed by atoms with Crippen molar-refractivity contribution in [2.45, 2.75) is 25.9 Å². The maximum atomic E-state index is 13.3. The number of aromatic nitrogens is 2. The van der Waals surface area contributed by atoms with Crippen molar-refractivity contribution in [3.8, 4) is 0 Å². The maximum Gasteiger partial charge on any atom is 0.136 e. The average molecular weight is 288 g/mol. The zero-order valence-electron chi connectivity index (χ0n) is 12.0. The van der Waals surface area contributed by atoms with Crippen LogP contribution in [0.4, 0.5) is 4.39 Å². The van der Waals surface area contributed by atoms with E-state index in [1.54, 1.807) is 16.9 Å². The Kier molecular flexibility index (Phi) is 3.51. The predicted molar refractivity (Wildman–Crippen MR) is 77.4 cm³/mol. The summed E-state index contributed by atoms with van der Waals surface area (Å²) in [6, 6.07) is 4.39. The topological polar surface area (TPSA) is 51.2 Å². The lowest BCUT2D eigenvalue weighted by atomic mass is 10.0. The first kappa shape index (κ1) is 13.8. The van der Waals surface area contributed by atoms with Gasteiger partial charge in [0.15, 0.2) is 0 Å². The molecule has 3 aromatic rings. The van der Waals surface area contributed by atoms with E-state index in [1.807, 2.05) is 20.2 Å². The summed E-state index contributed by atoms with van der Waals surface area (Å²) in [6.45, 7) is 1.84. The number of fused-ring (bicyclic) bond motifs is 1. The molecule has 21 heavy (non-hydrogen) atoms. The lowest BCUT2D eigenvalue weighted by Gasteiger charge is -2.07. The Bertz CT molecular complexity index is 776. The van der Waals surface area contributed by atoms with Gasteiger partial charge in [0.05, 0.1) is 6.20 Å². The van der Waals surface area contributed by atoms with E-state index in [9.17, 15) is 9.50 Å². The second kappa shape index (κ2) is 5.33. The van der Waals surface area contributed by atoms with E-state index >= 15 is 0 Å². The van der Waals surface area contributed by atoms with Crippen LogP contribution in [-0.4, -0.2) is 14.9 Å². The minimum absolute atomic E-state index is 0.303. The molecule has 1 atom stereocenters. The maximum absolute atomic E-state index is 13.3.